The average molecular weight is 455 g/mol. The van der Waals surface area contributed by atoms with Gasteiger partial charge in [0.25, 0.3) is 0 Å². The Labute approximate surface area is 186 Å². The molecule has 1 atom stereocenters. The molecule has 1 heterocycles. The zero-order chi connectivity index (χ0) is 21.8. The number of hydrogen-bond acceptors (Lipinski definition) is 4. The molecule has 160 valence electrons. The van der Waals surface area contributed by atoms with E-state index in [1.165, 1.54) is 6.08 Å². The maximum Gasteiger partial charge on any atom is 0.208 e. The monoisotopic (exact) mass is 454 g/mol. The molecular weight excluding hydrogens is 432 g/mol. The van der Waals surface area contributed by atoms with Crippen LogP contribution in [0.5, 0.6) is 5.75 Å². The van der Waals surface area contributed by atoms with Crippen LogP contribution in [-0.4, -0.2) is 31.1 Å². The number of nitrogens with one attached hydrogen (secondary N) is 1. The van der Waals surface area contributed by atoms with Gasteiger partial charge in [0.2, 0.25) is 9.84 Å². The molecule has 0 aliphatic rings. The van der Waals surface area contributed by atoms with Gasteiger partial charge in [-0.25, -0.2) is 8.42 Å². The van der Waals surface area contributed by atoms with Crippen molar-refractivity contribution in [1.82, 2.24) is 10.2 Å². The lowest BCUT2D eigenvalue weighted by molar-refractivity contribution is 0.310. The second-order valence-corrected chi connectivity index (χ2v) is 9.61. The van der Waals surface area contributed by atoms with Gasteiger partial charge in [-0.2, -0.15) is 5.10 Å². The summed E-state index contributed by atoms with van der Waals surface area (Å²) < 4.78 is 33.1. The van der Waals surface area contributed by atoms with Crippen LogP contribution in [0.2, 0.25) is 0 Å². The number of alkyl halides is 1. The van der Waals surface area contributed by atoms with Crippen LogP contribution in [0.4, 0.5) is 0 Å². The Bertz CT molecular complexity index is 1330. The van der Waals surface area contributed by atoms with Crippen molar-refractivity contribution in [3.63, 3.8) is 0 Å². The predicted molar refractivity (Wildman–Crippen MR) is 126 cm³/mol. The number of aromatic amines is 1. The highest BCUT2D eigenvalue weighted by Crippen LogP contribution is 2.36. The van der Waals surface area contributed by atoms with Gasteiger partial charge in [0, 0.05) is 11.3 Å². The van der Waals surface area contributed by atoms with Gasteiger partial charge in [-0.3, -0.25) is 5.10 Å². The average Bonchev–Trinajstić information content (AvgIpc) is 3.21. The van der Waals surface area contributed by atoms with Crippen LogP contribution in [-0.2, 0) is 9.84 Å². The van der Waals surface area contributed by atoms with Gasteiger partial charge in [-0.15, -0.1) is 18.2 Å². The normalized spacial score (nSPS) is 12.8. The summed E-state index contributed by atoms with van der Waals surface area (Å²) in [6, 6.07) is 18.7. The van der Waals surface area contributed by atoms with E-state index < -0.39 is 15.1 Å². The number of H-pyrrole nitrogens is 1. The van der Waals surface area contributed by atoms with Crippen LogP contribution >= 0.6 is 11.6 Å². The molecule has 5 nitrogen and oxygen atoms in total. The Balaban J connectivity index is 1.75. The fourth-order valence-corrected chi connectivity index (χ4v) is 5.57. The highest BCUT2D eigenvalue weighted by molar-refractivity contribution is 7.92. The van der Waals surface area contributed by atoms with E-state index in [9.17, 15) is 8.42 Å². The molecule has 3 aromatic carbocycles. The molecule has 0 saturated carbocycles. The number of aromatic nitrogens is 2. The van der Waals surface area contributed by atoms with Crippen molar-refractivity contribution in [3.8, 4) is 5.75 Å². The van der Waals surface area contributed by atoms with E-state index >= 15 is 0 Å². The minimum absolute atomic E-state index is 0.00783. The van der Waals surface area contributed by atoms with Crippen LogP contribution in [0.1, 0.15) is 23.7 Å². The number of halogens is 1. The summed E-state index contributed by atoms with van der Waals surface area (Å²) in [4.78, 5) is 0. The van der Waals surface area contributed by atoms with Crippen molar-refractivity contribution < 1.29 is 13.2 Å². The third kappa shape index (κ3) is 4.18. The van der Waals surface area contributed by atoms with Crippen LogP contribution in [0.3, 0.4) is 0 Å². The van der Waals surface area contributed by atoms with Crippen molar-refractivity contribution in [3.05, 3.63) is 78.9 Å². The lowest BCUT2D eigenvalue weighted by Gasteiger charge is -2.15. The number of ether oxygens (including phenoxy) is 1. The minimum Gasteiger partial charge on any atom is -0.494 e. The fraction of sp³-hybridized carbons (Fsp3) is 0.208. The van der Waals surface area contributed by atoms with E-state index in [4.69, 9.17) is 16.3 Å². The molecule has 0 spiro atoms. The summed E-state index contributed by atoms with van der Waals surface area (Å²) in [5.74, 6) is 1.18. The molecule has 0 saturated heterocycles. The molecule has 4 aromatic rings. The molecule has 7 heteroatoms. The lowest BCUT2D eigenvalue weighted by Crippen LogP contribution is -2.13. The molecule has 1 aromatic heterocycles. The smallest absolute Gasteiger partial charge is 0.208 e. The molecule has 1 N–H and O–H groups in total. The van der Waals surface area contributed by atoms with Crippen LogP contribution in [0.25, 0.3) is 21.7 Å². The number of nitrogens with zero attached hydrogens (tertiary/aromatic N) is 1. The van der Waals surface area contributed by atoms with Gasteiger partial charge in [0.1, 0.15) is 11.0 Å². The molecular formula is C24H23ClN2O3S. The van der Waals surface area contributed by atoms with Crippen molar-refractivity contribution in [2.24, 2.45) is 0 Å². The van der Waals surface area contributed by atoms with Gasteiger partial charge in [-0.1, -0.05) is 48.5 Å². The molecule has 0 fully saturated rings. The maximum absolute atomic E-state index is 13.7. The molecule has 0 aliphatic heterocycles. The first-order valence-corrected chi connectivity index (χ1v) is 12.2. The Kier molecular flexibility index (Phi) is 6.30. The lowest BCUT2D eigenvalue weighted by atomic mass is 10.0. The minimum atomic E-state index is -3.86. The number of benzene rings is 3. The van der Waals surface area contributed by atoms with Crippen molar-refractivity contribution >= 4 is 43.1 Å². The molecule has 4 rings (SSSR count). The van der Waals surface area contributed by atoms with E-state index in [1.54, 1.807) is 18.2 Å². The second kappa shape index (κ2) is 9.12. The molecule has 0 bridgehead atoms. The predicted octanol–water partition coefficient (Wildman–Crippen LogP) is 5.81. The molecule has 31 heavy (non-hydrogen) atoms. The van der Waals surface area contributed by atoms with E-state index in [0.29, 0.717) is 34.7 Å². The van der Waals surface area contributed by atoms with E-state index in [0.717, 1.165) is 23.6 Å². The van der Waals surface area contributed by atoms with E-state index in [-0.39, 0.29) is 5.03 Å². The summed E-state index contributed by atoms with van der Waals surface area (Å²) in [6.07, 6.45) is 3.16. The zero-order valence-corrected chi connectivity index (χ0v) is 18.5. The van der Waals surface area contributed by atoms with Crippen LogP contribution < -0.4 is 4.74 Å². The van der Waals surface area contributed by atoms with Gasteiger partial charge in [0.05, 0.1) is 12.1 Å². The summed E-state index contributed by atoms with van der Waals surface area (Å²) >= 11 is 5.71. The summed E-state index contributed by atoms with van der Waals surface area (Å²) in [5, 5.41) is 8.40. The maximum atomic E-state index is 13.7. The Morgan fingerprint density at radius 1 is 1.06 bits per heavy atom. The van der Waals surface area contributed by atoms with Gasteiger partial charge < -0.3 is 4.74 Å². The quantitative estimate of drug-likeness (QED) is 0.196. The number of sulfone groups is 1. The molecule has 0 aliphatic carbocycles. The van der Waals surface area contributed by atoms with Crippen LogP contribution in [0, 0.1) is 0 Å². The van der Waals surface area contributed by atoms with Crippen molar-refractivity contribution in [2.45, 2.75) is 23.1 Å². The van der Waals surface area contributed by atoms with E-state index in [2.05, 4.69) is 16.8 Å². The first kappa shape index (κ1) is 21.4. The Morgan fingerprint density at radius 3 is 2.68 bits per heavy atom. The third-order valence-electron chi connectivity index (χ3n) is 5.24. The topological polar surface area (TPSA) is 72.0 Å². The first-order chi connectivity index (χ1) is 15.1. The SMILES string of the molecule is C=CC(c1cccc2ccccc12)S(=O)(=O)c1n[nH]c2ccc(OCCCCCl)cc12. The summed E-state index contributed by atoms with van der Waals surface area (Å²) in [6.45, 7) is 4.34. The number of hydrogen-bond donors (Lipinski definition) is 1. The molecule has 0 radical (unpaired) electrons. The Morgan fingerprint density at radius 2 is 1.87 bits per heavy atom. The van der Waals surface area contributed by atoms with Gasteiger partial charge in [-0.05, 0) is 47.4 Å². The third-order valence-corrected chi connectivity index (χ3v) is 7.48. The highest BCUT2D eigenvalue weighted by atomic mass is 35.5. The second-order valence-electron chi connectivity index (χ2n) is 7.25. The fourth-order valence-electron chi connectivity index (χ4n) is 3.70. The summed E-state index contributed by atoms with van der Waals surface area (Å²) in [5.41, 5.74) is 1.31. The largest absolute Gasteiger partial charge is 0.494 e. The molecule has 1 unspecified atom stereocenters. The van der Waals surface area contributed by atoms with Gasteiger partial charge in [0.15, 0.2) is 5.03 Å². The number of unbranched alkanes of at least 4 members (excludes halogenated alkanes) is 1. The van der Waals surface area contributed by atoms with Crippen LogP contribution in [0.15, 0.2) is 78.3 Å². The highest BCUT2D eigenvalue weighted by Gasteiger charge is 2.31. The number of rotatable bonds is 9. The van der Waals surface area contributed by atoms with Crippen molar-refractivity contribution in [2.75, 3.05) is 12.5 Å². The van der Waals surface area contributed by atoms with Gasteiger partial charge >= 0.3 is 0 Å². The van der Waals surface area contributed by atoms with Crippen molar-refractivity contribution in [1.29, 1.82) is 0 Å². The zero-order valence-electron chi connectivity index (χ0n) is 16.9. The summed E-state index contributed by atoms with van der Waals surface area (Å²) in [7, 11) is -3.86. The Hall–Kier alpha value is -2.83. The first-order valence-electron chi connectivity index (χ1n) is 10.1. The van der Waals surface area contributed by atoms with E-state index in [1.807, 2.05) is 42.5 Å². The molecule has 0 amide bonds. The number of fused-ring (bicyclic) bond motifs is 2. The standard InChI is InChI=1S/C24H23ClN2O3S/c1-2-23(20-11-7-9-17-8-3-4-10-19(17)20)31(28,29)24-21-16-18(30-15-6-5-14-25)12-13-22(21)26-27-24/h2-4,7-13,16,23H,1,5-6,14-15H2,(H,26,27).